The van der Waals surface area contributed by atoms with E-state index in [0.717, 1.165) is 18.4 Å². The SMILES string of the molecule is CCCC(Cc1ccc(O)c(F)c1)C(C)=O. The van der Waals surface area contributed by atoms with Crippen molar-refractivity contribution in [1.29, 1.82) is 0 Å². The lowest BCUT2D eigenvalue weighted by molar-refractivity contribution is -0.120. The van der Waals surface area contributed by atoms with Crippen LogP contribution in [0.15, 0.2) is 18.2 Å². The molecular weight excluding hydrogens is 207 g/mol. The van der Waals surface area contributed by atoms with Crippen LogP contribution in [0.3, 0.4) is 0 Å². The fourth-order valence-corrected chi connectivity index (χ4v) is 1.76. The summed E-state index contributed by atoms with van der Waals surface area (Å²) in [5, 5.41) is 9.05. The van der Waals surface area contributed by atoms with E-state index in [9.17, 15) is 9.18 Å². The predicted molar refractivity (Wildman–Crippen MR) is 60.8 cm³/mol. The van der Waals surface area contributed by atoms with Crippen LogP contribution in [-0.4, -0.2) is 10.9 Å². The normalized spacial score (nSPS) is 12.4. The Bertz CT molecular complexity index is 374. The van der Waals surface area contributed by atoms with E-state index in [4.69, 9.17) is 5.11 Å². The third-order valence-electron chi connectivity index (χ3n) is 2.71. The Hall–Kier alpha value is -1.38. The minimum absolute atomic E-state index is 0.0473. The van der Waals surface area contributed by atoms with Gasteiger partial charge in [0.1, 0.15) is 5.78 Å². The van der Waals surface area contributed by atoms with E-state index in [1.165, 1.54) is 12.1 Å². The quantitative estimate of drug-likeness (QED) is 0.834. The third-order valence-corrected chi connectivity index (χ3v) is 2.71. The molecule has 1 atom stereocenters. The van der Waals surface area contributed by atoms with Crippen molar-refractivity contribution in [1.82, 2.24) is 0 Å². The second-order valence-corrected chi connectivity index (χ2v) is 4.09. The molecule has 0 radical (unpaired) electrons. The third kappa shape index (κ3) is 3.33. The summed E-state index contributed by atoms with van der Waals surface area (Å²) >= 11 is 0. The Morgan fingerprint density at radius 2 is 2.19 bits per heavy atom. The van der Waals surface area contributed by atoms with E-state index >= 15 is 0 Å². The standard InChI is InChI=1S/C13H17FO2/c1-3-4-11(9(2)15)7-10-5-6-13(16)12(14)8-10/h5-6,8,11,16H,3-4,7H2,1-2H3. The van der Waals surface area contributed by atoms with Gasteiger partial charge in [0.05, 0.1) is 0 Å². The molecule has 0 bridgehead atoms. The molecule has 0 amide bonds. The zero-order chi connectivity index (χ0) is 12.1. The predicted octanol–water partition coefficient (Wildman–Crippen LogP) is 3.08. The highest BCUT2D eigenvalue weighted by Crippen LogP contribution is 2.20. The Morgan fingerprint density at radius 3 is 2.69 bits per heavy atom. The molecule has 0 aliphatic rings. The maximum atomic E-state index is 13.1. The summed E-state index contributed by atoms with van der Waals surface area (Å²) < 4.78 is 13.1. The molecule has 0 aliphatic carbocycles. The molecule has 0 aliphatic heterocycles. The molecule has 88 valence electrons. The van der Waals surface area contributed by atoms with Gasteiger partial charge in [-0.25, -0.2) is 4.39 Å². The molecular formula is C13H17FO2. The van der Waals surface area contributed by atoms with Gasteiger partial charge in [-0.2, -0.15) is 0 Å². The van der Waals surface area contributed by atoms with Crippen molar-refractivity contribution in [2.45, 2.75) is 33.1 Å². The van der Waals surface area contributed by atoms with Crippen LogP contribution in [-0.2, 0) is 11.2 Å². The molecule has 16 heavy (non-hydrogen) atoms. The molecule has 1 rings (SSSR count). The lowest BCUT2D eigenvalue weighted by atomic mass is 9.92. The number of phenols is 1. The summed E-state index contributed by atoms with van der Waals surface area (Å²) in [5.74, 6) is -0.890. The van der Waals surface area contributed by atoms with Gasteiger partial charge < -0.3 is 5.11 Å². The molecule has 0 saturated carbocycles. The van der Waals surface area contributed by atoms with Gasteiger partial charge in [0.15, 0.2) is 11.6 Å². The number of rotatable bonds is 5. The zero-order valence-electron chi connectivity index (χ0n) is 9.66. The Morgan fingerprint density at radius 1 is 1.50 bits per heavy atom. The topological polar surface area (TPSA) is 37.3 Å². The number of phenolic OH excluding ortho intramolecular Hbond substituents is 1. The minimum atomic E-state index is -0.628. The number of halogens is 1. The van der Waals surface area contributed by atoms with E-state index in [1.807, 2.05) is 6.92 Å². The van der Waals surface area contributed by atoms with Gasteiger partial charge in [0.25, 0.3) is 0 Å². The van der Waals surface area contributed by atoms with Crippen molar-refractivity contribution in [3.63, 3.8) is 0 Å². The first-order chi connectivity index (χ1) is 7.54. The largest absolute Gasteiger partial charge is 0.505 e. The fourth-order valence-electron chi connectivity index (χ4n) is 1.76. The maximum absolute atomic E-state index is 13.1. The van der Waals surface area contributed by atoms with Crippen molar-refractivity contribution in [3.05, 3.63) is 29.6 Å². The molecule has 3 heteroatoms. The van der Waals surface area contributed by atoms with Gasteiger partial charge >= 0.3 is 0 Å². The highest BCUT2D eigenvalue weighted by molar-refractivity contribution is 5.78. The number of hydrogen-bond acceptors (Lipinski definition) is 2. The second-order valence-electron chi connectivity index (χ2n) is 4.09. The molecule has 1 unspecified atom stereocenters. The van der Waals surface area contributed by atoms with Crippen LogP contribution in [0, 0.1) is 11.7 Å². The molecule has 1 aromatic carbocycles. The summed E-state index contributed by atoms with van der Waals surface area (Å²) in [7, 11) is 0. The van der Waals surface area contributed by atoms with Crippen LogP contribution in [0.2, 0.25) is 0 Å². The lowest BCUT2D eigenvalue weighted by Crippen LogP contribution is -2.13. The summed E-state index contributed by atoms with van der Waals surface area (Å²) in [6, 6.07) is 4.28. The molecule has 0 spiro atoms. The number of carbonyl (C=O) groups excluding carboxylic acids is 1. The van der Waals surface area contributed by atoms with Crippen molar-refractivity contribution in [3.8, 4) is 5.75 Å². The first-order valence-corrected chi connectivity index (χ1v) is 5.52. The fraction of sp³-hybridized carbons (Fsp3) is 0.462. The highest BCUT2D eigenvalue weighted by atomic mass is 19.1. The Labute approximate surface area is 95.1 Å². The minimum Gasteiger partial charge on any atom is -0.505 e. The van der Waals surface area contributed by atoms with E-state index in [-0.39, 0.29) is 17.5 Å². The van der Waals surface area contributed by atoms with Gasteiger partial charge in [-0.1, -0.05) is 19.4 Å². The molecule has 0 aromatic heterocycles. The number of aromatic hydroxyl groups is 1. The van der Waals surface area contributed by atoms with Gasteiger partial charge in [0, 0.05) is 5.92 Å². The van der Waals surface area contributed by atoms with Crippen LogP contribution in [0.1, 0.15) is 32.3 Å². The first-order valence-electron chi connectivity index (χ1n) is 5.52. The van der Waals surface area contributed by atoms with E-state index in [2.05, 4.69) is 0 Å². The van der Waals surface area contributed by atoms with E-state index in [1.54, 1.807) is 13.0 Å². The number of ketones is 1. The Kier molecular flexibility index (Phi) is 4.47. The molecule has 2 nitrogen and oxygen atoms in total. The zero-order valence-corrected chi connectivity index (χ0v) is 9.66. The molecule has 0 heterocycles. The van der Waals surface area contributed by atoms with Crippen molar-refractivity contribution >= 4 is 5.78 Å². The van der Waals surface area contributed by atoms with E-state index < -0.39 is 5.82 Å². The van der Waals surface area contributed by atoms with Gasteiger partial charge in [-0.05, 0) is 37.5 Å². The van der Waals surface area contributed by atoms with Crippen LogP contribution in [0.25, 0.3) is 0 Å². The van der Waals surface area contributed by atoms with Gasteiger partial charge in [-0.15, -0.1) is 0 Å². The maximum Gasteiger partial charge on any atom is 0.165 e. The van der Waals surface area contributed by atoms with Crippen LogP contribution >= 0.6 is 0 Å². The van der Waals surface area contributed by atoms with Crippen molar-refractivity contribution < 1.29 is 14.3 Å². The summed E-state index contributed by atoms with van der Waals surface area (Å²) in [4.78, 5) is 11.3. The van der Waals surface area contributed by atoms with Crippen LogP contribution in [0.5, 0.6) is 5.75 Å². The molecule has 1 aromatic rings. The number of benzene rings is 1. The number of Topliss-reactive ketones (excluding diaryl/α,β-unsaturated/α-hetero) is 1. The molecule has 0 saturated heterocycles. The van der Waals surface area contributed by atoms with Gasteiger partial charge in [0.2, 0.25) is 0 Å². The smallest absolute Gasteiger partial charge is 0.165 e. The van der Waals surface area contributed by atoms with E-state index in [0.29, 0.717) is 6.42 Å². The number of carbonyl (C=O) groups is 1. The average molecular weight is 224 g/mol. The highest BCUT2D eigenvalue weighted by Gasteiger charge is 2.14. The molecule has 1 N–H and O–H groups in total. The lowest BCUT2D eigenvalue weighted by Gasteiger charge is -2.12. The summed E-state index contributed by atoms with van der Waals surface area (Å²) in [6.07, 6.45) is 2.29. The second kappa shape index (κ2) is 5.64. The van der Waals surface area contributed by atoms with Crippen molar-refractivity contribution in [2.75, 3.05) is 0 Å². The van der Waals surface area contributed by atoms with Gasteiger partial charge in [-0.3, -0.25) is 4.79 Å². The molecule has 0 fully saturated rings. The number of hydrogen-bond donors (Lipinski definition) is 1. The Balaban J connectivity index is 2.77. The van der Waals surface area contributed by atoms with Crippen LogP contribution in [0.4, 0.5) is 4.39 Å². The first kappa shape index (κ1) is 12.7. The summed E-state index contributed by atoms with van der Waals surface area (Å²) in [5.41, 5.74) is 0.754. The average Bonchev–Trinajstić information content (AvgIpc) is 2.22. The van der Waals surface area contributed by atoms with Crippen molar-refractivity contribution in [2.24, 2.45) is 5.92 Å². The van der Waals surface area contributed by atoms with Crippen LogP contribution < -0.4 is 0 Å². The summed E-state index contributed by atoms with van der Waals surface area (Å²) in [6.45, 7) is 3.59. The monoisotopic (exact) mass is 224 g/mol.